The van der Waals surface area contributed by atoms with Gasteiger partial charge in [0.25, 0.3) is 0 Å². The van der Waals surface area contributed by atoms with E-state index in [0.29, 0.717) is 0 Å². The van der Waals surface area contributed by atoms with E-state index in [1.807, 2.05) is 24.3 Å². The van der Waals surface area contributed by atoms with E-state index < -0.39 is 16.9 Å². The highest BCUT2D eigenvalue weighted by Crippen LogP contribution is 2.48. The molecule has 1 aliphatic carbocycles. The minimum atomic E-state index is -0.913. The first-order chi connectivity index (χ1) is 9.25. The number of amides is 1. The topological polar surface area (TPSA) is 66.4 Å². The molecular formula is C15H18BrNO3. The molecule has 1 aromatic rings. The van der Waals surface area contributed by atoms with Crippen LogP contribution in [0.2, 0.25) is 0 Å². The molecular weight excluding hydrogens is 322 g/mol. The molecule has 0 unspecified atom stereocenters. The molecule has 0 aliphatic heterocycles. The molecule has 1 aliphatic rings. The molecule has 4 nitrogen and oxygen atoms in total. The van der Waals surface area contributed by atoms with Crippen LogP contribution < -0.4 is 5.32 Å². The summed E-state index contributed by atoms with van der Waals surface area (Å²) in [4.78, 5) is 23.3. The number of carbonyl (C=O) groups excluding carboxylic acids is 1. The fourth-order valence-electron chi connectivity index (χ4n) is 2.39. The zero-order chi connectivity index (χ0) is 15.0. The Bertz CT molecular complexity index is 533. The van der Waals surface area contributed by atoms with Crippen molar-refractivity contribution in [2.75, 3.05) is 0 Å². The number of carboxylic acid groups (broad SMARTS) is 1. The van der Waals surface area contributed by atoms with Crippen molar-refractivity contribution in [3.05, 3.63) is 34.3 Å². The van der Waals surface area contributed by atoms with E-state index >= 15 is 0 Å². The lowest BCUT2D eigenvalue weighted by Gasteiger charge is -2.27. The van der Waals surface area contributed by atoms with Crippen LogP contribution >= 0.6 is 15.9 Å². The summed E-state index contributed by atoms with van der Waals surface area (Å²) in [5.74, 6) is -0.991. The van der Waals surface area contributed by atoms with Gasteiger partial charge in [-0.1, -0.05) is 28.1 Å². The Morgan fingerprint density at radius 3 is 2.30 bits per heavy atom. The van der Waals surface area contributed by atoms with Crippen molar-refractivity contribution in [2.24, 2.45) is 0 Å². The number of halogens is 1. The second-order valence-corrected chi connectivity index (χ2v) is 6.91. The quantitative estimate of drug-likeness (QED) is 0.866. The molecule has 1 aromatic carbocycles. The molecule has 20 heavy (non-hydrogen) atoms. The van der Waals surface area contributed by atoms with Crippen LogP contribution in [0.15, 0.2) is 28.7 Å². The Labute approximate surface area is 126 Å². The summed E-state index contributed by atoms with van der Waals surface area (Å²) in [5, 5.41) is 11.7. The second kappa shape index (κ2) is 5.20. The summed E-state index contributed by atoms with van der Waals surface area (Å²) < 4.78 is 0.976. The average molecular weight is 340 g/mol. The van der Waals surface area contributed by atoms with Gasteiger partial charge in [-0.2, -0.15) is 0 Å². The summed E-state index contributed by atoms with van der Waals surface area (Å²) in [6.07, 6.45) is 1.53. The third kappa shape index (κ3) is 3.20. The molecule has 0 bridgehead atoms. The molecule has 2 N–H and O–H groups in total. The van der Waals surface area contributed by atoms with Crippen molar-refractivity contribution in [1.29, 1.82) is 0 Å². The molecule has 0 radical (unpaired) electrons. The number of carbonyl (C=O) groups is 2. The molecule has 0 saturated heterocycles. The fraction of sp³-hybridized carbons (Fsp3) is 0.467. The first-order valence-electron chi connectivity index (χ1n) is 6.56. The lowest BCUT2D eigenvalue weighted by molar-refractivity contribution is -0.138. The third-order valence-electron chi connectivity index (χ3n) is 3.63. The lowest BCUT2D eigenvalue weighted by Crippen LogP contribution is -2.49. The SMILES string of the molecule is CC(C)(CC(=O)O)NC(=O)C1(c2ccc(Br)cc2)CC1. The van der Waals surface area contributed by atoms with Crippen molar-refractivity contribution in [3.8, 4) is 0 Å². The van der Waals surface area contributed by atoms with Crippen LogP contribution in [0.1, 0.15) is 38.7 Å². The zero-order valence-corrected chi connectivity index (χ0v) is 13.2. The number of hydrogen-bond donors (Lipinski definition) is 2. The first-order valence-corrected chi connectivity index (χ1v) is 7.35. The lowest BCUT2D eigenvalue weighted by atomic mass is 9.92. The van der Waals surface area contributed by atoms with Crippen LogP contribution in [-0.4, -0.2) is 22.5 Å². The second-order valence-electron chi connectivity index (χ2n) is 6.00. The van der Waals surface area contributed by atoms with Crippen LogP contribution in [0, 0.1) is 0 Å². The van der Waals surface area contributed by atoms with Crippen LogP contribution in [-0.2, 0) is 15.0 Å². The number of nitrogens with one attached hydrogen (secondary N) is 1. The molecule has 108 valence electrons. The summed E-state index contributed by atoms with van der Waals surface area (Å²) in [7, 11) is 0. The molecule has 0 spiro atoms. The largest absolute Gasteiger partial charge is 0.481 e. The van der Waals surface area contributed by atoms with Gasteiger partial charge in [-0.05, 0) is 44.4 Å². The summed E-state index contributed by atoms with van der Waals surface area (Å²) in [5.41, 5.74) is -0.228. The highest BCUT2D eigenvalue weighted by Gasteiger charge is 2.52. The molecule has 0 aromatic heterocycles. The Kier molecular flexibility index (Phi) is 3.91. The van der Waals surface area contributed by atoms with Gasteiger partial charge in [0.05, 0.1) is 11.8 Å². The highest BCUT2D eigenvalue weighted by molar-refractivity contribution is 9.10. The van der Waals surface area contributed by atoms with E-state index in [1.165, 1.54) is 0 Å². The fourth-order valence-corrected chi connectivity index (χ4v) is 2.65. The average Bonchev–Trinajstić information content (AvgIpc) is 3.08. The van der Waals surface area contributed by atoms with Crippen LogP contribution in [0.5, 0.6) is 0 Å². The molecule has 1 saturated carbocycles. The Morgan fingerprint density at radius 2 is 1.85 bits per heavy atom. The molecule has 5 heteroatoms. The van der Waals surface area contributed by atoms with Crippen LogP contribution in [0.25, 0.3) is 0 Å². The van der Waals surface area contributed by atoms with E-state index in [9.17, 15) is 9.59 Å². The van der Waals surface area contributed by atoms with Crippen molar-refractivity contribution < 1.29 is 14.7 Å². The predicted octanol–water partition coefficient (Wildman–Crippen LogP) is 2.85. The molecule has 1 amide bonds. The van der Waals surface area contributed by atoms with Crippen molar-refractivity contribution in [1.82, 2.24) is 5.32 Å². The number of benzene rings is 1. The normalized spacial score (nSPS) is 16.6. The van der Waals surface area contributed by atoms with Crippen LogP contribution in [0.4, 0.5) is 0 Å². The van der Waals surface area contributed by atoms with Crippen molar-refractivity contribution >= 4 is 27.8 Å². The maximum atomic E-state index is 12.5. The van der Waals surface area contributed by atoms with Gasteiger partial charge in [-0.15, -0.1) is 0 Å². The smallest absolute Gasteiger partial charge is 0.305 e. The van der Waals surface area contributed by atoms with E-state index in [1.54, 1.807) is 13.8 Å². The van der Waals surface area contributed by atoms with E-state index in [2.05, 4.69) is 21.2 Å². The molecule has 0 atom stereocenters. The van der Waals surface area contributed by atoms with E-state index in [-0.39, 0.29) is 12.3 Å². The highest BCUT2D eigenvalue weighted by atomic mass is 79.9. The molecule has 2 rings (SSSR count). The number of rotatable bonds is 5. The van der Waals surface area contributed by atoms with E-state index in [0.717, 1.165) is 22.9 Å². The van der Waals surface area contributed by atoms with Crippen molar-refractivity contribution in [2.45, 2.75) is 44.1 Å². The van der Waals surface area contributed by atoms with Gasteiger partial charge in [0.1, 0.15) is 0 Å². The van der Waals surface area contributed by atoms with E-state index in [4.69, 9.17) is 5.11 Å². The Morgan fingerprint density at radius 1 is 1.30 bits per heavy atom. The van der Waals surface area contributed by atoms with Gasteiger partial charge in [-0.25, -0.2) is 0 Å². The first kappa shape index (κ1) is 15.0. The van der Waals surface area contributed by atoms with Gasteiger partial charge in [0.15, 0.2) is 0 Å². The summed E-state index contributed by atoms with van der Waals surface area (Å²) in [6, 6.07) is 7.73. The maximum Gasteiger partial charge on any atom is 0.305 e. The van der Waals surface area contributed by atoms with Gasteiger partial charge in [0.2, 0.25) is 5.91 Å². The standard InChI is InChI=1S/C15H18BrNO3/c1-14(2,9-12(18)19)17-13(20)15(7-8-15)10-3-5-11(16)6-4-10/h3-6H,7-9H2,1-2H3,(H,17,20)(H,18,19). The third-order valence-corrected chi connectivity index (χ3v) is 4.16. The monoisotopic (exact) mass is 339 g/mol. The number of aliphatic carboxylic acids is 1. The van der Waals surface area contributed by atoms with Gasteiger partial charge >= 0.3 is 5.97 Å². The van der Waals surface area contributed by atoms with Crippen LogP contribution in [0.3, 0.4) is 0 Å². The minimum Gasteiger partial charge on any atom is -0.481 e. The molecule has 0 heterocycles. The molecule has 1 fully saturated rings. The Hall–Kier alpha value is -1.36. The number of hydrogen-bond acceptors (Lipinski definition) is 2. The zero-order valence-electron chi connectivity index (χ0n) is 11.6. The van der Waals surface area contributed by atoms with Crippen molar-refractivity contribution in [3.63, 3.8) is 0 Å². The van der Waals surface area contributed by atoms with Gasteiger partial charge in [-0.3, -0.25) is 9.59 Å². The predicted molar refractivity (Wildman–Crippen MR) is 79.5 cm³/mol. The number of carboxylic acids is 1. The Balaban J connectivity index is 2.13. The minimum absolute atomic E-state index is 0.0777. The maximum absolute atomic E-state index is 12.5. The van der Waals surface area contributed by atoms with Gasteiger partial charge in [0, 0.05) is 10.0 Å². The summed E-state index contributed by atoms with van der Waals surface area (Å²) in [6.45, 7) is 3.47. The van der Waals surface area contributed by atoms with Gasteiger partial charge < -0.3 is 10.4 Å². The summed E-state index contributed by atoms with van der Waals surface area (Å²) >= 11 is 3.38.